The molecular formula is C22H33N5O2. The van der Waals surface area contributed by atoms with Crippen molar-refractivity contribution in [3.8, 4) is 0 Å². The summed E-state index contributed by atoms with van der Waals surface area (Å²) in [6.45, 7) is 12.9. The third-order valence-electron chi connectivity index (χ3n) is 4.71. The highest BCUT2D eigenvalue weighted by Gasteiger charge is 2.29. The van der Waals surface area contributed by atoms with Crippen molar-refractivity contribution in [2.24, 2.45) is 4.99 Å². The van der Waals surface area contributed by atoms with Crippen molar-refractivity contribution >= 4 is 23.8 Å². The van der Waals surface area contributed by atoms with E-state index >= 15 is 0 Å². The van der Waals surface area contributed by atoms with Crippen molar-refractivity contribution in [2.75, 3.05) is 25.0 Å². The molecule has 1 fully saturated rings. The first-order chi connectivity index (χ1) is 13.7. The Kier molecular flexibility index (Phi) is 7.93. The third-order valence-corrected chi connectivity index (χ3v) is 4.71. The number of aromatic nitrogens is 2. The fourth-order valence-corrected chi connectivity index (χ4v) is 3.14. The molecule has 0 spiro atoms. The summed E-state index contributed by atoms with van der Waals surface area (Å²) in [4.78, 5) is 29.5. The van der Waals surface area contributed by atoms with Crippen LogP contribution in [-0.2, 0) is 4.74 Å². The molecule has 0 unspecified atom stereocenters. The number of aliphatic imine (C=N–C) groups is 1. The Balaban J connectivity index is 2.01. The second-order valence-electron chi connectivity index (χ2n) is 8.08. The third kappa shape index (κ3) is 6.69. The largest absolute Gasteiger partial charge is 0.444 e. The van der Waals surface area contributed by atoms with E-state index < -0.39 is 5.60 Å². The van der Waals surface area contributed by atoms with Crippen LogP contribution in [0.15, 0.2) is 36.1 Å². The molecule has 2 rings (SSSR count). The molecule has 1 saturated heterocycles. The van der Waals surface area contributed by atoms with Gasteiger partial charge in [0.25, 0.3) is 0 Å². The van der Waals surface area contributed by atoms with Gasteiger partial charge >= 0.3 is 6.09 Å². The van der Waals surface area contributed by atoms with Gasteiger partial charge in [-0.05, 0) is 40.5 Å². The summed E-state index contributed by atoms with van der Waals surface area (Å²) in [5.41, 5.74) is 1.13. The lowest BCUT2D eigenvalue weighted by Gasteiger charge is -2.37. The fourth-order valence-electron chi connectivity index (χ4n) is 3.14. The number of rotatable bonds is 6. The molecule has 1 aliphatic rings. The van der Waals surface area contributed by atoms with E-state index in [1.807, 2.05) is 53.1 Å². The van der Waals surface area contributed by atoms with E-state index in [4.69, 9.17) is 4.74 Å². The number of piperidine rings is 1. The smallest absolute Gasteiger partial charge is 0.410 e. The molecule has 158 valence electrons. The minimum Gasteiger partial charge on any atom is -0.444 e. The maximum absolute atomic E-state index is 12.3. The monoisotopic (exact) mass is 399 g/mol. The maximum atomic E-state index is 12.3. The van der Waals surface area contributed by atoms with Crippen molar-refractivity contribution in [1.29, 1.82) is 0 Å². The lowest BCUT2D eigenvalue weighted by Crippen LogP contribution is -2.47. The van der Waals surface area contributed by atoms with Gasteiger partial charge < -0.3 is 14.5 Å². The minimum atomic E-state index is -0.484. The SMILES string of the molecule is C=CCC=N/C(=C\C)c1cc(N2CCC(N(C)C(=O)OC(C)(C)C)CC2)ncn1. The van der Waals surface area contributed by atoms with Gasteiger partial charge in [-0.25, -0.2) is 14.8 Å². The van der Waals surface area contributed by atoms with E-state index in [0.29, 0.717) is 6.42 Å². The summed E-state index contributed by atoms with van der Waals surface area (Å²) in [5, 5.41) is 0. The topological polar surface area (TPSA) is 70.9 Å². The summed E-state index contributed by atoms with van der Waals surface area (Å²) in [7, 11) is 1.82. The molecule has 7 heteroatoms. The van der Waals surface area contributed by atoms with Crippen LogP contribution in [-0.4, -0.2) is 59.0 Å². The summed E-state index contributed by atoms with van der Waals surface area (Å²) in [6.07, 6.45) is 9.32. The summed E-state index contributed by atoms with van der Waals surface area (Å²) in [5.74, 6) is 0.881. The lowest BCUT2D eigenvalue weighted by molar-refractivity contribution is 0.0201. The Hall–Kier alpha value is -2.70. The van der Waals surface area contributed by atoms with Crippen LogP contribution in [0.5, 0.6) is 0 Å². The van der Waals surface area contributed by atoms with E-state index in [0.717, 1.165) is 43.1 Å². The zero-order valence-electron chi connectivity index (χ0n) is 18.3. The van der Waals surface area contributed by atoms with Crippen LogP contribution in [0.4, 0.5) is 10.6 Å². The average Bonchev–Trinajstić information content (AvgIpc) is 2.69. The summed E-state index contributed by atoms with van der Waals surface area (Å²) in [6, 6.07) is 2.13. The lowest BCUT2D eigenvalue weighted by atomic mass is 10.0. The molecule has 0 saturated carbocycles. The number of anilines is 1. The van der Waals surface area contributed by atoms with E-state index in [9.17, 15) is 4.79 Å². The molecule has 0 aliphatic carbocycles. The number of amides is 1. The van der Waals surface area contributed by atoms with E-state index in [2.05, 4.69) is 26.4 Å². The molecule has 0 atom stereocenters. The Labute approximate surface area is 174 Å². The number of carbonyl (C=O) groups excluding carboxylic acids is 1. The highest BCUT2D eigenvalue weighted by Crippen LogP contribution is 2.24. The number of hydrogen-bond acceptors (Lipinski definition) is 6. The Bertz CT molecular complexity index is 759. The van der Waals surface area contributed by atoms with Gasteiger partial charge in [0.2, 0.25) is 0 Å². The van der Waals surface area contributed by atoms with Crippen LogP contribution in [0.2, 0.25) is 0 Å². The van der Waals surface area contributed by atoms with Gasteiger partial charge in [0.05, 0.1) is 11.4 Å². The summed E-state index contributed by atoms with van der Waals surface area (Å²) < 4.78 is 5.49. The van der Waals surface area contributed by atoms with Crippen LogP contribution >= 0.6 is 0 Å². The standard InChI is InChI=1S/C22H33N5O2/c1-7-9-12-23-18(8-2)19-15-20(25-16-24-19)27-13-10-17(11-14-27)26(6)21(28)29-22(3,4)5/h7-8,12,15-17H,1,9-11,13-14H2,2-6H3/b18-8-,23-12?. The van der Waals surface area contributed by atoms with Gasteiger partial charge in [-0.1, -0.05) is 12.2 Å². The minimum absolute atomic E-state index is 0.164. The van der Waals surface area contributed by atoms with E-state index in [-0.39, 0.29) is 12.1 Å². The molecule has 1 amide bonds. The Morgan fingerprint density at radius 3 is 2.66 bits per heavy atom. The van der Waals surface area contributed by atoms with Gasteiger partial charge in [-0.15, -0.1) is 6.58 Å². The number of nitrogens with zero attached hydrogens (tertiary/aromatic N) is 5. The van der Waals surface area contributed by atoms with Crippen LogP contribution < -0.4 is 4.90 Å². The maximum Gasteiger partial charge on any atom is 0.410 e. The average molecular weight is 400 g/mol. The molecule has 1 aromatic heterocycles. The number of hydrogen-bond donors (Lipinski definition) is 0. The molecule has 0 bridgehead atoms. The van der Waals surface area contributed by atoms with Gasteiger partial charge in [0.15, 0.2) is 0 Å². The van der Waals surface area contributed by atoms with Crippen LogP contribution in [0, 0.1) is 0 Å². The first-order valence-electron chi connectivity index (χ1n) is 10.1. The Morgan fingerprint density at radius 2 is 2.07 bits per heavy atom. The van der Waals surface area contributed by atoms with Crippen molar-refractivity contribution in [3.05, 3.63) is 36.8 Å². The number of carbonyl (C=O) groups is 1. The first kappa shape index (κ1) is 22.6. The predicted molar refractivity (Wildman–Crippen MR) is 118 cm³/mol. The molecule has 0 aromatic carbocycles. The van der Waals surface area contributed by atoms with Crippen molar-refractivity contribution < 1.29 is 9.53 Å². The van der Waals surface area contributed by atoms with Gasteiger partial charge in [0.1, 0.15) is 17.7 Å². The van der Waals surface area contributed by atoms with Crippen molar-refractivity contribution in [3.63, 3.8) is 0 Å². The van der Waals surface area contributed by atoms with Crippen LogP contribution in [0.1, 0.15) is 52.7 Å². The van der Waals surface area contributed by atoms with E-state index in [1.54, 1.807) is 17.3 Å². The predicted octanol–water partition coefficient (Wildman–Crippen LogP) is 4.32. The fraction of sp³-hybridized carbons (Fsp3) is 0.545. The Morgan fingerprint density at radius 1 is 1.38 bits per heavy atom. The van der Waals surface area contributed by atoms with Crippen molar-refractivity contribution in [1.82, 2.24) is 14.9 Å². The molecule has 1 aromatic rings. The molecule has 7 nitrogen and oxygen atoms in total. The highest BCUT2D eigenvalue weighted by atomic mass is 16.6. The highest BCUT2D eigenvalue weighted by molar-refractivity contribution is 5.73. The normalized spacial score (nSPS) is 16.2. The molecule has 29 heavy (non-hydrogen) atoms. The molecule has 1 aliphatic heterocycles. The van der Waals surface area contributed by atoms with Gasteiger partial charge in [-0.2, -0.15) is 0 Å². The quantitative estimate of drug-likeness (QED) is 0.526. The second-order valence-corrected chi connectivity index (χ2v) is 8.08. The molecule has 0 radical (unpaired) electrons. The number of allylic oxidation sites excluding steroid dienone is 2. The van der Waals surface area contributed by atoms with Gasteiger partial charge in [-0.3, -0.25) is 4.99 Å². The van der Waals surface area contributed by atoms with Crippen molar-refractivity contribution in [2.45, 2.75) is 58.6 Å². The molecule has 0 N–H and O–H groups in total. The van der Waals surface area contributed by atoms with E-state index in [1.165, 1.54) is 0 Å². The molecular weight excluding hydrogens is 366 g/mol. The van der Waals surface area contributed by atoms with Crippen LogP contribution in [0.3, 0.4) is 0 Å². The zero-order chi connectivity index (χ0) is 21.4. The van der Waals surface area contributed by atoms with Gasteiger partial charge in [0, 0.05) is 44.9 Å². The zero-order valence-corrected chi connectivity index (χ0v) is 18.3. The summed E-state index contributed by atoms with van der Waals surface area (Å²) >= 11 is 0. The number of ether oxygens (including phenoxy) is 1. The second kappa shape index (κ2) is 10.2. The first-order valence-corrected chi connectivity index (χ1v) is 10.1. The molecule has 2 heterocycles. The van der Waals surface area contributed by atoms with Crippen LogP contribution in [0.25, 0.3) is 5.70 Å².